The van der Waals surface area contributed by atoms with Gasteiger partial charge >= 0.3 is 6.01 Å². The minimum absolute atomic E-state index is 0.285. The largest absolute Gasteiger partial charge is 0.488 e. The van der Waals surface area contributed by atoms with Crippen molar-refractivity contribution in [1.29, 1.82) is 0 Å². The number of hydrogen-bond acceptors (Lipinski definition) is 8. The highest BCUT2D eigenvalue weighted by Crippen LogP contribution is 2.20. The lowest BCUT2D eigenvalue weighted by atomic mass is 10.2. The van der Waals surface area contributed by atoms with Crippen LogP contribution in [0.2, 0.25) is 0 Å². The molecule has 0 aliphatic heterocycles. The third-order valence-electron chi connectivity index (χ3n) is 4.66. The summed E-state index contributed by atoms with van der Waals surface area (Å²) in [6, 6.07) is 14.0. The molecule has 0 bridgehead atoms. The van der Waals surface area contributed by atoms with Crippen LogP contribution < -0.4 is 19.8 Å². The number of nitrogens with zero attached hydrogens (tertiary/aromatic N) is 5. The van der Waals surface area contributed by atoms with Crippen LogP contribution in [0.25, 0.3) is 0 Å². The third kappa shape index (κ3) is 8.07. The molecule has 0 aliphatic rings. The van der Waals surface area contributed by atoms with Crippen LogP contribution in [0.1, 0.15) is 37.8 Å². The van der Waals surface area contributed by atoms with Gasteiger partial charge in [0.1, 0.15) is 24.8 Å². The summed E-state index contributed by atoms with van der Waals surface area (Å²) >= 11 is 0. The van der Waals surface area contributed by atoms with Gasteiger partial charge in [0.25, 0.3) is 0 Å². The number of hydrogen-bond donors (Lipinski definition) is 1. The van der Waals surface area contributed by atoms with Crippen LogP contribution in [0.5, 0.6) is 11.8 Å². The Bertz CT molecular complexity index is 1010. The third-order valence-corrected chi connectivity index (χ3v) is 4.66. The van der Waals surface area contributed by atoms with Gasteiger partial charge in [0.2, 0.25) is 0 Å². The van der Waals surface area contributed by atoms with Crippen LogP contribution in [0.15, 0.2) is 60.0 Å². The minimum Gasteiger partial charge on any atom is -0.488 e. The molecule has 0 saturated carbocycles. The highest BCUT2D eigenvalue weighted by atomic mass is 16.5. The molecule has 174 valence electrons. The lowest BCUT2D eigenvalue weighted by Gasteiger charge is -2.23. The van der Waals surface area contributed by atoms with E-state index in [-0.39, 0.29) is 6.01 Å². The van der Waals surface area contributed by atoms with E-state index >= 15 is 0 Å². The summed E-state index contributed by atoms with van der Waals surface area (Å²) in [6.07, 6.45) is 7.18. The van der Waals surface area contributed by atoms with E-state index in [1.165, 1.54) is 5.56 Å². The first-order valence-electron chi connectivity index (χ1n) is 11.3. The lowest BCUT2D eigenvalue weighted by molar-refractivity contribution is 0.206. The maximum atomic E-state index is 5.81. The van der Waals surface area contributed by atoms with E-state index in [0.29, 0.717) is 24.8 Å². The summed E-state index contributed by atoms with van der Waals surface area (Å²) in [4.78, 5) is 15.4. The summed E-state index contributed by atoms with van der Waals surface area (Å²) in [6.45, 7) is 8.84. The number of nitrogens with one attached hydrogen (secondary N) is 1. The van der Waals surface area contributed by atoms with Crippen molar-refractivity contribution in [2.75, 3.05) is 36.6 Å². The molecule has 0 spiro atoms. The predicted molar refractivity (Wildman–Crippen MR) is 132 cm³/mol. The Hall–Kier alpha value is -3.68. The molecule has 0 radical (unpaired) electrons. The Balaban J connectivity index is 1.70. The molecular formula is C25H32N6O2. The Kier molecular flexibility index (Phi) is 9.45. The van der Waals surface area contributed by atoms with Crippen molar-refractivity contribution < 1.29 is 9.47 Å². The fourth-order valence-electron chi connectivity index (χ4n) is 3.23. The van der Waals surface area contributed by atoms with Gasteiger partial charge in [0.15, 0.2) is 5.82 Å². The van der Waals surface area contributed by atoms with Crippen molar-refractivity contribution in [2.45, 2.75) is 33.6 Å². The number of anilines is 2. The van der Waals surface area contributed by atoms with Gasteiger partial charge < -0.3 is 14.4 Å². The Labute approximate surface area is 195 Å². The number of pyridine rings is 1. The molecule has 8 nitrogen and oxygen atoms in total. The Morgan fingerprint density at radius 1 is 1.00 bits per heavy atom. The molecule has 0 unspecified atom stereocenters. The zero-order valence-corrected chi connectivity index (χ0v) is 19.6. The van der Waals surface area contributed by atoms with Crippen LogP contribution in [0, 0.1) is 6.92 Å². The number of ether oxygens (including phenoxy) is 2. The van der Waals surface area contributed by atoms with Crippen LogP contribution >= 0.6 is 0 Å². The molecule has 0 amide bonds. The average Bonchev–Trinajstić information content (AvgIpc) is 2.82. The van der Waals surface area contributed by atoms with Crippen molar-refractivity contribution in [1.82, 2.24) is 15.0 Å². The fraction of sp³-hybridized carbons (Fsp3) is 0.360. The molecule has 2 heterocycles. The first kappa shape index (κ1) is 24.0. The van der Waals surface area contributed by atoms with Crippen molar-refractivity contribution in [3.63, 3.8) is 0 Å². The normalized spacial score (nSPS) is 10.9. The van der Waals surface area contributed by atoms with E-state index in [0.717, 1.165) is 37.3 Å². The molecule has 33 heavy (non-hydrogen) atoms. The second kappa shape index (κ2) is 13.0. The van der Waals surface area contributed by atoms with E-state index in [4.69, 9.17) is 9.47 Å². The number of rotatable bonds is 13. The molecule has 0 fully saturated rings. The molecule has 3 rings (SSSR count). The van der Waals surface area contributed by atoms with E-state index in [9.17, 15) is 0 Å². The molecule has 3 aromatic rings. The molecule has 1 aromatic carbocycles. The minimum atomic E-state index is 0.285. The van der Waals surface area contributed by atoms with Crippen molar-refractivity contribution >= 4 is 17.9 Å². The quantitative estimate of drug-likeness (QED) is 0.230. The van der Waals surface area contributed by atoms with E-state index < -0.39 is 0 Å². The van der Waals surface area contributed by atoms with Gasteiger partial charge in [0, 0.05) is 25.4 Å². The molecule has 0 saturated heterocycles. The maximum Gasteiger partial charge on any atom is 0.320 e. The first-order valence-corrected chi connectivity index (χ1v) is 11.3. The van der Waals surface area contributed by atoms with Crippen LogP contribution in [0.4, 0.5) is 11.6 Å². The smallest absolute Gasteiger partial charge is 0.320 e. The molecule has 1 N–H and O–H groups in total. The number of benzene rings is 1. The van der Waals surface area contributed by atoms with Gasteiger partial charge in [-0.3, -0.25) is 10.4 Å². The molecule has 0 atom stereocenters. The number of hydrazone groups is 1. The highest BCUT2D eigenvalue weighted by molar-refractivity contribution is 5.80. The van der Waals surface area contributed by atoms with Crippen molar-refractivity contribution in [3.05, 3.63) is 66.0 Å². The first-order chi connectivity index (χ1) is 16.2. The van der Waals surface area contributed by atoms with Crippen LogP contribution in [-0.2, 0) is 0 Å². The SMILES string of the molecule is CCCN(CCC)c1cc(N/N=C/c2cccc(C)c2)nc(OCCOc2cccnc2)n1. The van der Waals surface area contributed by atoms with Crippen molar-refractivity contribution in [2.24, 2.45) is 5.10 Å². The van der Waals surface area contributed by atoms with E-state index in [1.54, 1.807) is 18.6 Å². The molecule has 8 heteroatoms. The summed E-state index contributed by atoms with van der Waals surface area (Å²) in [7, 11) is 0. The van der Waals surface area contributed by atoms with Gasteiger partial charge in [-0.25, -0.2) is 0 Å². The lowest BCUT2D eigenvalue weighted by Crippen LogP contribution is -2.26. The van der Waals surface area contributed by atoms with Crippen LogP contribution in [0.3, 0.4) is 0 Å². The number of aromatic nitrogens is 3. The average molecular weight is 449 g/mol. The van der Waals surface area contributed by atoms with E-state index in [1.807, 2.05) is 30.3 Å². The predicted octanol–water partition coefficient (Wildman–Crippen LogP) is 4.71. The summed E-state index contributed by atoms with van der Waals surface area (Å²) in [5.74, 6) is 2.08. The summed E-state index contributed by atoms with van der Waals surface area (Å²) in [5.41, 5.74) is 5.22. The number of aryl methyl sites for hydroxylation is 1. The van der Waals surface area contributed by atoms with Gasteiger partial charge in [-0.1, -0.05) is 43.7 Å². The monoisotopic (exact) mass is 448 g/mol. The standard InChI is InChI=1S/C25H32N6O2/c1-4-12-31(13-5-2)24-17-23(30-27-18-21-9-6-8-20(3)16-21)28-25(29-24)33-15-14-32-22-10-7-11-26-19-22/h6-11,16-19H,4-5,12-15H2,1-3H3,(H,28,29,30)/b27-18+. The van der Waals surface area contributed by atoms with Gasteiger partial charge in [0.05, 0.1) is 12.4 Å². The van der Waals surface area contributed by atoms with Crippen LogP contribution in [-0.4, -0.2) is 47.5 Å². The maximum absolute atomic E-state index is 5.81. The summed E-state index contributed by atoms with van der Waals surface area (Å²) in [5, 5.41) is 4.35. The second-order valence-electron chi connectivity index (χ2n) is 7.55. The molecular weight excluding hydrogens is 416 g/mol. The summed E-state index contributed by atoms with van der Waals surface area (Å²) < 4.78 is 11.5. The van der Waals surface area contributed by atoms with Gasteiger partial charge in [-0.05, 0) is 37.5 Å². The van der Waals surface area contributed by atoms with E-state index in [2.05, 4.69) is 63.3 Å². The van der Waals surface area contributed by atoms with Crippen molar-refractivity contribution in [3.8, 4) is 11.8 Å². The highest BCUT2D eigenvalue weighted by Gasteiger charge is 2.12. The Morgan fingerprint density at radius 3 is 2.55 bits per heavy atom. The Morgan fingerprint density at radius 2 is 1.82 bits per heavy atom. The zero-order valence-electron chi connectivity index (χ0n) is 19.6. The van der Waals surface area contributed by atoms with Gasteiger partial charge in [-0.2, -0.15) is 15.1 Å². The topological polar surface area (TPSA) is 84.8 Å². The molecule has 0 aliphatic carbocycles. The molecule has 2 aromatic heterocycles. The second-order valence-corrected chi connectivity index (χ2v) is 7.55. The zero-order chi connectivity index (χ0) is 23.3. The fourth-order valence-corrected chi connectivity index (χ4v) is 3.23. The van der Waals surface area contributed by atoms with Gasteiger partial charge in [-0.15, -0.1) is 0 Å².